The molecule has 0 amide bonds. The molecule has 0 saturated heterocycles. The maximum atomic E-state index is 12.3. The summed E-state index contributed by atoms with van der Waals surface area (Å²) in [5, 5.41) is 18.7. The van der Waals surface area contributed by atoms with Crippen molar-refractivity contribution < 1.29 is 9.53 Å². The second-order valence-corrected chi connectivity index (χ2v) is 4.81. The van der Waals surface area contributed by atoms with Crippen molar-refractivity contribution in [3.05, 3.63) is 60.6 Å². The van der Waals surface area contributed by atoms with Gasteiger partial charge >= 0.3 is 5.97 Å². The van der Waals surface area contributed by atoms with Gasteiger partial charge in [-0.15, -0.1) is 5.10 Å². The third-order valence-electron chi connectivity index (χ3n) is 3.32. The Morgan fingerprint density at radius 1 is 1.17 bits per heavy atom. The van der Waals surface area contributed by atoms with E-state index in [0.717, 1.165) is 10.9 Å². The first-order valence-corrected chi connectivity index (χ1v) is 6.78. The molecule has 0 spiro atoms. The molecule has 0 aliphatic carbocycles. The van der Waals surface area contributed by atoms with E-state index < -0.39 is 5.97 Å². The van der Waals surface area contributed by atoms with Crippen molar-refractivity contribution in [1.29, 1.82) is 0 Å². The number of carbonyl (C=O) groups is 1. The Morgan fingerprint density at radius 3 is 3.00 bits per heavy atom. The van der Waals surface area contributed by atoms with Crippen LogP contribution in [0.3, 0.4) is 0 Å². The van der Waals surface area contributed by atoms with Crippen LogP contribution >= 0.6 is 0 Å². The van der Waals surface area contributed by atoms with Crippen molar-refractivity contribution in [2.45, 2.75) is 0 Å². The summed E-state index contributed by atoms with van der Waals surface area (Å²) in [4.78, 5) is 12.3. The first kappa shape index (κ1) is 13.1. The van der Waals surface area contributed by atoms with Crippen LogP contribution < -0.4 is 4.74 Å². The molecule has 1 N–H and O–H groups in total. The normalized spacial score (nSPS) is 10.8. The topological polar surface area (TPSA) is 98.6 Å². The van der Waals surface area contributed by atoms with Crippen molar-refractivity contribution in [3.8, 4) is 11.4 Å². The number of esters is 1. The molecule has 0 bridgehead atoms. The molecule has 4 rings (SSSR count). The van der Waals surface area contributed by atoms with Gasteiger partial charge in [-0.25, -0.2) is 9.48 Å². The number of hydrogen-bond donors (Lipinski definition) is 1. The van der Waals surface area contributed by atoms with Gasteiger partial charge in [0.2, 0.25) is 0 Å². The molecule has 2 aromatic heterocycles. The zero-order chi connectivity index (χ0) is 15.6. The summed E-state index contributed by atoms with van der Waals surface area (Å²) in [6.45, 7) is 0. The number of nitrogens with zero attached hydrogens (tertiary/aromatic N) is 5. The molecule has 0 fully saturated rings. The molecule has 0 aliphatic heterocycles. The molecule has 0 atom stereocenters. The molecule has 8 heteroatoms. The Labute approximate surface area is 129 Å². The lowest BCUT2D eigenvalue weighted by Crippen LogP contribution is -2.09. The highest BCUT2D eigenvalue weighted by molar-refractivity contribution is 5.92. The van der Waals surface area contributed by atoms with E-state index in [1.54, 1.807) is 42.6 Å². The fourth-order valence-electron chi connectivity index (χ4n) is 2.20. The predicted molar refractivity (Wildman–Crippen MR) is 80.2 cm³/mol. The third-order valence-corrected chi connectivity index (χ3v) is 3.32. The van der Waals surface area contributed by atoms with E-state index in [0.29, 0.717) is 17.0 Å². The smallest absolute Gasteiger partial charge is 0.343 e. The van der Waals surface area contributed by atoms with Crippen LogP contribution in [0.15, 0.2) is 55.0 Å². The molecule has 23 heavy (non-hydrogen) atoms. The van der Waals surface area contributed by atoms with Crippen molar-refractivity contribution in [1.82, 2.24) is 30.4 Å². The number of aromatic amines is 1. The van der Waals surface area contributed by atoms with Gasteiger partial charge in [0.25, 0.3) is 0 Å². The first-order valence-electron chi connectivity index (χ1n) is 6.78. The summed E-state index contributed by atoms with van der Waals surface area (Å²) in [5.41, 5.74) is 1.88. The van der Waals surface area contributed by atoms with Gasteiger partial charge in [-0.05, 0) is 40.8 Å². The Bertz CT molecular complexity index is 976. The molecular weight excluding hydrogens is 296 g/mol. The number of nitrogens with one attached hydrogen (secondary N) is 1. The van der Waals surface area contributed by atoms with E-state index in [9.17, 15) is 4.79 Å². The number of carbonyl (C=O) groups excluding carboxylic acids is 1. The van der Waals surface area contributed by atoms with Gasteiger partial charge in [-0.2, -0.15) is 5.10 Å². The van der Waals surface area contributed by atoms with E-state index in [1.165, 1.54) is 11.0 Å². The molecule has 0 radical (unpaired) electrons. The van der Waals surface area contributed by atoms with Crippen LogP contribution in [-0.4, -0.2) is 36.4 Å². The van der Waals surface area contributed by atoms with Gasteiger partial charge in [0.05, 0.1) is 23.0 Å². The van der Waals surface area contributed by atoms with Gasteiger partial charge in [0.15, 0.2) is 0 Å². The summed E-state index contributed by atoms with van der Waals surface area (Å²) < 4.78 is 6.87. The Kier molecular flexibility index (Phi) is 3.05. The minimum Gasteiger partial charge on any atom is -0.423 e. The van der Waals surface area contributed by atoms with Gasteiger partial charge in [-0.1, -0.05) is 6.07 Å². The van der Waals surface area contributed by atoms with Crippen LogP contribution in [0.2, 0.25) is 0 Å². The van der Waals surface area contributed by atoms with E-state index in [2.05, 4.69) is 25.7 Å². The van der Waals surface area contributed by atoms with Crippen LogP contribution in [0.5, 0.6) is 5.75 Å². The minimum atomic E-state index is -0.459. The lowest BCUT2D eigenvalue weighted by molar-refractivity contribution is 0.0735. The van der Waals surface area contributed by atoms with Crippen LogP contribution in [0.25, 0.3) is 16.6 Å². The largest absolute Gasteiger partial charge is 0.423 e. The van der Waals surface area contributed by atoms with Crippen molar-refractivity contribution in [2.75, 3.05) is 0 Å². The SMILES string of the molecule is O=C(Oc1ccc2cn[nH]c2c1)c1cccc(-n2cnnn2)c1. The number of fused-ring (bicyclic) bond motifs is 1. The van der Waals surface area contributed by atoms with Crippen molar-refractivity contribution >= 4 is 16.9 Å². The summed E-state index contributed by atoms with van der Waals surface area (Å²) >= 11 is 0. The first-order chi connectivity index (χ1) is 11.3. The standard InChI is InChI=1S/C15H10N6O2/c22-15(23-13-5-4-11-8-16-18-14(11)7-13)10-2-1-3-12(6-10)21-9-17-19-20-21/h1-9H,(H,16,18). The summed E-state index contributed by atoms with van der Waals surface area (Å²) in [5.74, 6) is -0.0154. The third kappa shape index (κ3) is 2.53. The zero-order valence-corrected chi connectivity index (χ0v) is 11.7. The molecule has 0 unspecified atom stereocenters. The monoisotopic (exact) mass is 306 g/mol. The summed E-state index contributed by atoms with van der Waals surface area (Å²) in [6, 6.07) is 12.2. The fraction of sp³-hybridized carbons (Fsp3) is 0. The number of benzene rings is 2. The molecule has 2 aromatic carbocycles. The number of rotatable bonds is 3. The summed E-state index contributed by atoms with van der Waals surface area (Å²) in [7, 11) is 0. The minimum absolute atomic E-state index is 0.405. The van der Waals surface area contributed by atoms with Crippen LogP contribution in [0.1, 0.15) is 10.4 Å². The molecule has 2 heterocycles. The highest BCUT2D eigenvalue weighted by atomic mass is 16.5. The highest BCUT2D eigenvalue weighted by Crippen LogP contribution is 2.20. The van der Waals surface area contributed by atoms with Gasteiger partial charge in [0.1, 0.15) is 12.1 Å². The number of hydrogen-bond acceptors (Lipinski definition) is 6. The quantitative estimate of drug-likeness (QED) is 0.457. The van der Waals surface area contributed by atoms with Gasteiger partial charge in [-0.3, -0.25) is 5.10 Å². The van der Waals surface area contributed by atoms with E-state index in [1.807, 2.05) is 6.07 Å². The van der Waals surface area contributed by atoms with Crippen LogP contribution in [0, 0.1) is 0 Å². The van der Waals surface area contributed by atoms with E-state index in [4.69, 9.17) is 4.74 Å². The molecule has 4 aromatic rings. The Hall–Kier alpha value is -3.55. The maximum Gasteiger partial charge on any atom is 0.343 e. The lowest BCUT2D eigenvalue weighted by atomic mass is 10.2. The average molecular weight is 306 g/mol. The number of tetrazole rings is 1. The number of ether oxygens (including phenoxy) is 1. The molecule has 112 valence electrons. The van der Waals surface area contributed by atoms with Crippen LogP contribution in [0.4, 0.5) is 0 Å². The predicted octanol–water partition coefficient (Wildman–Crippen LogP) is 1.76. The lowest BCUT2D eigenvalue weighted by Gasteiger charge is -2.06. The molecule has 0 aliphatic rings. The average Bonchev–Trinajstić information content (AvgIpc) is 3.26. The number of H-pyrrole nitrogens is 1. The van der Waals surface area contributed by atoms with Crippen molar-refractivity contribution in [2.24, 2.45) is 0 Å². The molecular formula is C15H10N6O2. The van der Waals surface area contributed by atoms with E-state index >= 15 is 0 Å². The second kappa shape index (κ2) is 5.34. The van der Waals surface area contributed by atoms with Gasteiger partial charge in [0, 0.05) is 11.5 Å². The summed E-state index contributed by atoms with van der Waals surface area (Å²) in [6.07, 6.45) is 3.16. The number of aromatic nitrogens is 6. The Balaban J connectivity index is 1.60. The van der Waals surface area contributed by atoms with Crippen LogP contribution in [-0.2, 0) is 0 Å². The molecule has 0 saturated carbocycles. The van der Waals surface area contributed by atoms with Gasteiger partial charge < -0.3 is 4.74 Å². The highest BCUT2D eigenvalue weighted by Gasteiger charge is 2.11. The van der Waals surface area contributed by atoms with Crippen molar-refractivity contribution in [3.63, 3.8) is 0 Å². The maximum absolute atomic E-state index is 12.3. The second-order valence-electron chi connectivity index (χ2n) is 4.81. The fourth-order valence-corrected chi connectivity index (χ4v) is 2.20. The zero-order valence-electron chi connectivity index (χ0n) is 11.7. The molecule has 8 nitrogen and oxygen atoms in total. The van der Waals surface area contributed by atoms with E-state index in [-0.39, 0.29) is 0 Å². The Morgan fingerprint density at radius 2 is 2.13 bits per heavy atom.